The highest BCUT2D eigenvalue weighted by molar-refractivity contribution is 6.04. The summed E-state index contributed by atoms with van der Waals surface area (Å²) < 4.78 is 20.0. The number of amides is 2. The maximum Gasteiger partial charge on any atom is 0.318 e. The minimum absolute atomic E-state index is 0.0203. The van der Waals surface area contributed by atoms with Crippen molar-refractivity contribution in [3.63, 3.8) is 0 Å². The number of aryl methyl sites for hydroxylation is 1. The van der Waals surface area contributed by atoms with E-state index in [0.717, 1.165) is 44.2 Å². The van der Waals surface area contributed by atoms with Gasteiger partial charge in [-0.25, -0.2) is 4.39 Å². The molecule has 3 atom stereocenters. The zero-order chi connectivity index (χ0) is 29.4. The molecule has 3 aliphatic heterocycles. The van der Waals surface area contributed by atoms with Gasteiger partial charge in [0, 0.05) is 32.1 Å². The summed E-state index contributed by atoms with van der Waals surface area (Å²) in [5.74, 6) is -1.44. The third kappa shape index (κ3) is 4.98. The third-order valence-corrected chi connectivity index (χ3v) is 9.35. The van der Waals surface area contributed by atoms with E-state index in [1.807, 2.05) is 17.0 Å². The Balaban J connectivity index is 1.37. The van der Waals surface area contributed by atoms with E-state index < -0.39 is 23.2 Å². The van der Waals surface area contributed by atoms with E-state index in [9.17, 15) is 19.2 Å². The molecule has 2 saturated heterocycles. The molecule has 2 fully saturated rings. The number of likely N-dealkylation sites (tertiary alicyclic amines) is 1. The average Bonchev–Trinajstić information content (AvgIpc) is 3.40. The number of nitrogens with one attached hydrogen (secondary N) is 1. The molecular formula is C31H36FN7O3. The maximum absolute atomic E-state index is 14.0. The van der Waals surface area contributed by atoms with Crippen LogP contribution in [0.5, 0.6) is 6.01 Å². The van der Waals surface area contributed by atoms with Gasteiger partial charge in [-0.3, -0.25) is 9.59 Å². The number of benzene rings is 1. The number of hydrogen-bond acceptors (Lipinski definition) is 8. The monoisotopic (exact) mass is 573 g/mol. The second-order valence-electron chi connectivity index (χ2n) is 11.8. The van der Waals surface area contributed by atoms with E-state index in [1.165, 1.54) is 10.5 Å². The molecule has 1 aliphatic carbocycles. The van der Waals surface area contributed by atoms with Crippen LogP contribution in [0.3, 0.4) is 0 Å². The van der Waals surface area contributed by atoms with Crippen LogP contribution in [-0.2, 0) is 27.8 Å². The highest BCUT2D eigenvalue weighted by Crippen LogP contribution is 2.46. The minimum Gasteiger partial charge on any atom is -0.462 e. The summed E-state index contributed by atoms with van der Waals surface area (Å²) in [6, 6.07) is 10.2. The van der Waals surface area contributed by atoms with Crippen molar-refractivity contribution >= 4 is 23.3 Å². The summed E-state index contributed by atoms with van der Waals surface area (Å²) in [5, 5.41) is 12.6. The Morgan fingerprint density at radius 3 is 2.83 bits per heavy atom. The minimum atomic E-state index is -1.05. The van der Waals surface area contributed by atoms with Gasteiger partial charge in [0.2, 0.25) is 5.91 Å². The lowest BCUT2D eigenvalue weighted by Crippen LogP contribution is -2.56. The zero-order valence-electron chi connectivity index (χ0n) is 23.9. The summed E-state index contributed by atoms with van der Waals surface area (Å²) >= 11 is 0. The molecule has 42 heavy (non-hydrogen) atoms. The lowest BCUT2D eigenvalue weighted by molar-refractivity contribution is -0.131. The molecule has 4 heterocycles. The molecule has 4 aliphatic rings. The fourth-order valence-corrected chi connectivity index (χ4v) is 7.07. The standard InChI is InChI=1S/C31H36FN7O3/c1-20(32)28(40)39-16-15-38(18-22(39)11-13-33)27-26-25(34-30(36-27)42-19-23-9-6-14-37(23)2)17-31(29(41)35-26)12-5-8-21-7-3-4-10-24(21)31/h3-4,7,10,22-23H,1,5-6,8-9,11-12,14-19H2,2H3,(H,35,41)/t22-,23-,31-/m0/s1. The first-order valence-electron chi connectivity index (χ1n) is 14.7. The first kappa shape index (κ1) is 28.1. The van der Waals surface area contributed by atoms with Crippen molar-refractivity contribution in [1.82, 2.24) is 19.8 Å². The second-order valence-corrected chi connectivity index (χ2v) is 11.8. The Morgan fingerprint density at radius 1 is 1.24 bits per heavy atom. The Labute approximate surface area is 245 Å². The molecule has 2 aromatic rings. The number of likely N-dealkylation sites (N-methyl/N-ethyl adjacent to an activating group) is 1. The van der Waals surface area contributed by atoms with Crippen LogP contribution < -0.4 is 15.0 Å². The van der Waals surface area contributed by atoms with Crippen LogP contribution in [0.1, 0.15) is 48.9 Å². The van der Waals surface area contributed by atoms with Crippen molar-refractivity contribution < 1.29 is 18.7 Å². The van der Waals surface area contributed by atoms with Gasteiger partial charge in [-0.2, -0.15) is 15.2 Å². The number of ether oxygens (including phenoxy) is 1. The van der Waals surface area contributed by atoms with Gasteiger partial charge in [-0.05, 0) is 56.8 Å². The number of piperazine rings is 1. The van der Waals surface area contributed by atoms with Gasteiger partial charge in [-0.1, -0.05) is 30.8 Å². The molecule has 10 nitrogen and oxygen atoms in total. The molecule has 0 bridgehead atoms. The first-order valence-corrected chi connectivity index (χ1v) is 14.7. The van der Waals surface area contributed by atoms with E-state index in [1.54, 1.807) is 0 Å². The maximum atomic E-state index is 14.0. The number of nitriles is 1. The van der Waals surface area contributed by atoms with Gasteiger partial charge in [0.05, 0.1) is 29.6 Å². The number of fused-ring (bicyclic) bond motifs is 3. The Kier molecular flexibility index (Phi) is 7.58. The summed E-state index contributed by atoms with van der Waals surface area (Å²) in [5.41, 5.74) is 2.74. The average molecular weight is 574 g/mol. The molecule has 2 amide bonds. The highest BCUT2D eigenvalue weighted by Gasteiger charge is 2.48. The van der Waals surface area contributed by atoms with E-state index in [4.69, 9.17) is 14.7 Å². The van der Waals surface area contributed by atoms with Gasteiger partial charge < -0.3 is 24.8 Å². The van der Waals surface area contributed by atoms with E-state index in [-0.39, 0.29) is 37.5 Å². The van der Waals surface area contributed by atoms with Crippen LogP contribution in [0.15, 0.2) is 36.7 Å². The van der Waals surface area contributed by atoms with Crippen molar-refractivity contribution in [3.05, 3.63) is 53.5 Å². The number of halogens is 1. The molecule has 0 unspecified atom stereocenters. The number of aromatic nitrogens is 2. The van der Waals surface area contributed by atoms with E-state index >= 15 is 0 Å². The Hall–Kier alpha value is -4.04. The van der Waals surface area contributed by atoms with Crippen molar-refractivity contribution in [3.8, 4) is 12.1 Å². The van der Waals surface area contributed by atoms with Crippen molar-refractivity contribution in [2.24, 2.45) is 0 Å². The summed E-state index contributed by atoms with van der Waals surface area (Å²) in [6.45, 7) is 5.38. The molecule has 0 saturated carbocycles. The summed E-state index contributed by atoms with van der Waals surface area (Å²) in [7, 11) is 2.09. The van der Waals surface area contributed by atoms with Gasteiger partial charge >= 0.3 is 6.01 Å². The molecule has 1 aromatic carbocycles. The van der Waals surface area contributed by atoms with Crippen LogP contribution in [0, 0.1) is 11.3 Å². The van der Waals surface area contributed by atoms with Gasteiger partial charge in [0.15, 0.2) is 11.6 Å². The SMILES string of the molecule is C=C(F)C(=O)N1CCN(c2nc(OC[C@@H]3CCCN3C)nc3c2NC(=O)[C@@]2(CCCc4ccccc42)C3)C[C@@H]1CC#N. The smallest absolute Gasteiger partial charge is 0.318 e. The van der Waals surface area contributed by atoms with Crippen LogP contribution in [-0.4, -0.2) is 83.5 Å². The Morgan fingerprint density at radius 2 is 2.07 bits per heavy atom. The molecule has 0 radical (unpaired) electrons. The highest BCUT2D eigenvalue weighted by atomic mass is 19.1. The molecular weight excluding hydrogens is 537 g/mol. The third-order valence-electron chi connectivity index (χ3n) is 9.35. The molecule has 1 N–H and O–H groups in total. The topological polar surface area (TPSA) is 115 Å². The quantitative estimate of drug-likeness (QED) is 0.525. The van der Waals surface area contributed by atoms with Crippen molar-refractivity contribution in [2.45, 2.75) is 62.4 Å². The van der Waals surface area contributed by atoms with Crippen molar-refractivity contribution in [1.29, 1.82) is 5.26 Å². The molecule has 11 heteroatoms. The van der Waals surface area contributed by atoms with E-state index in [2.05, 4.69) is 42.0 Å². The van der Waals surface area contributed by atoms with Crippen LogP contribution >= 0.6 is 0 Å². The number of carbonyl (C=O) groups excluding carboxylic acids is 2. The van der Waals surface area contributed by atoms with Gasteiger partial charge in [0.1, 0.15) is 12.3 Å². The van der Waals surface area contributed by atoms with Crippen LogP contribution in [0.2, 0.25) is 0 Å². The second kappa shape index (κ2) is 11.3. The number of anilines is 2. The normalized spacial score (nSPS) is 25.4. The Bertz CT molecular complexity index is 1460. The summed E-state index contributed by atoms with van der Waals surface area (Å²) in [4.78, 5) is 41.7. The predicted molar refractivity (Wildman–Crippen MR) is 155 cm³/mol. The number of nitrogens with zero attached hydrogens (tertiary/aromatic N) is 6. The fraction of sp³-hybridized carbons (Fsp3) is 0.516. The molecule has 1 spiro atoms. The predicted octanol–water partition coefficient (Wildman–Crippen LogP) is 3.13. The van der Waals surface area contributed by atoms with E-state index in [0.29, 0.717) is 36.8 Å². The van der Waals surface area contributed by atoms with Gasteiger partial charge in [-0.15, -0.1) is 0 Å². The number of rotatable bonds is 6. The zero-order valence-corrected chi connectivity index (χ0v) is 23.9. The van der Waals surface area contributed by atoms with Crippen LogP contribution in [0.4, 0.5) is 15.9 Å². The fourth-order valence-electron chi connectivity index (χ4n) is 7.07. The molecule has 220 valence electrons. The number of hydrogen-bond donors (Lipinski definition) is 1. The van der Waals surface area contributed by atoms with Crippen molar-refractivity contribution in [2.75, 3.05) is 50.1 Å². The molecule has 1 aromatic heterocycles. The first-order chi connectivity index (χ1) is 20.3. The lowest BCUT2D eigenvalue weighted by atomic mass is 9.65. The molecule has 6 rings (SSSR count). The lowest BCUT2D eigenvalue weighted by Gasteiger charge is -2.44. The van der Waals surface area contributed by atoms with Crippen LogP contribution in [0.25, 0.3) is 0 Å². The number of carbonyl (C=O) groups is 2. The summed E-state index contributed by atoms with van der Waals surface area (Å²) in [6.07, 6.45) is 5.15. The van der Waals surface area contributed by atoms with Gasteiger partial charge in [0.25, 0.3) is 5.91 Å². The largest absolute Gasteiger partial charge is 0.462 e.